The molecule has 2 nitrogen and oxygen atoms in total. The molecule has 0 amide bonds. The number of hydrogen-bond donors (Lipinski definition) is 0. The van der Waals surface area contributed by atoms with Gasteiger partial charge in [0.25, 0.3) is 0 Å². The van der Waals surface area contributed by atoms with Crippen LogP contribution in [-0.2, 0) is 0 Å². The molecule has 0 aliphatic heterocycles. The van der Waals surface area contributed by atoms with E-state index in [1.807, 2.05) is 22.7 Å². The summed E-state index contributed by atoms with van der Waals surface area (Å²) in [5, 5.41) is 13.0. The van der Waals surface area contributed by atoms with Crippen molar-refractivity contribution in [1.29, 1.82) is 0 Å². The average Bonchev–Trinajstić information content (AvgIpc) is 3.90. The van der Waals surface area contributed by atoms with Crippen molar-refractivity contribution in [3.8, 4) is 11.4 Å². The zero-order chi connectivity index (χ0) is 32.5. The summed E-state index contributed by atoms with van der Waals surface area (Å²) in [6.45, 7) is 0. The van der Waals surface area contributed by atoms with E-state index in [9.17, 15) is 0 Å². The molecule has 12 aromatic rings. The van der Waals surface area contributed by atoms with E-state index in [4.69, 9.17) is 0 Å². The second-order valence-corrected chi connectivity index (χ2v) is 15.5. The molecule has 12 rings (SSSR count). The van der Waals surface area contributed by atoms with Gasteiger partial charge in [-0.3, -0.25) is 0 Å². The van der Waals surface area contributed by atoms with Gasteiger partial charge < -0.3 is 9.13 Å². The van der Waals surface area contributed by atoms with Gasteiger partial charge in [0.15, 0.2) is 0 Å². The van der Waals surface area contributed by atoms with Gasteiger partial charge in [0.05, 0.1) is 22.1 Å². The molecule has 0 radical (unpaired) electrons. The Morgan fingerprint density at radius 1 is 0.280 bits per heavy atom. The summed E-state index contributed by atoms with van der Waals surface area (Å²) < 4.78 is 10.2. The minimum Gasteiger partial charge on any atom is -0.309 e. The first-order valence-electron chi connectivity index (χ1n) is 17.0. The number of aromatic nitrogens is 2. The van der Waals surface area contributed by atoms with Crippen molar-refractivity contribution in [1.82, 2.24) is 9.13 Å². The predicted octanol–water partition coefficient (Wildman–Crippen LogP) is 13.8. The molecular weight excluding hydrogens is 645 g/mol. The van der Waals surface area contributed by atoms with E-state index < -0.39 is 0 Å². The molecule has 0 atom stereocenters. The lowest BCUT2D eigenvalue weighted by atomic mass is 10.0. The molecular formula is C46H26N2S2. The molecule has 0 spiro atoms. The van der Waals surface area contributed by atoms with Crippen molar-refractivity contribution in [3.63, 3.8) is 0 Å². The van der Waals surface area contributed by atoms with Crippen molar-refractivity contribution in [2.45, 2.75) is 0 Å². The highest BCUT2D eigenvalue weighted by atomic mass is 32.1. The Bertz CT molecular complexity index is 3060. The van der Waals surface area contributed by atoms with E-state index >= 15 is 0 Å². The maximum Gasteiger partial charge on any atom is 0.0541 e. The Hall–Kier alpha value is -5.94. The van der Waals surface area contributed by atoms with Gasteiger partial charge in [0.1, 0.15) is 0 Å². The van der Waals surface area contributed by atoms with Crippen molar-refractivity contribution in [3.05, 3.63) is 158 Å². The molecule has 0 bridgehead atoms. The molecule has 50 heavy (non-hydrogen) atoms. The second-order valence-electron chi connectivity index (χ2n) is 13.3. The van der Waals surface area contributed by atoms with Crippen LogP contribution in [0.15, 0.2) is 158 Å². The Labute approximate surface area is 294 Å². The summed E-state index contributed by atoms with van der Waals surface area (Å²) in [4.78, 5) is 0. The standard InChI is InChI=1S/C46H26N2S2/c1-5-13-39-31(9-1)32-10-2-6-14-40(32)47(39)29-17-19-43-37(25-29)35-21-27-22-36-38-26-30(18-20-44(38)50-46(36)24-28(27)23-45(35)49-43)48-41-15-7-3-11-33(41)34-12-4-8-16-42(34)48/h1-26H. The monoisotopic (exact) mass is 670 g/mol. The molecule has 0 N–H and O–H groups in total. The number of para-hydroxylation sites is 4. The van der Waals surface area contributed by atoms with Crippen molar-refractivity contribution >= 4 is 117 Å². The Kier molecular flexibility index (Phi) is 5.29. The third kappa shape index (κ3) is 3.61. The minimum atomic E-state index is 1.20. The van der Waals surface area contributed by atoms with E-state index in [0.717, 1.165) is 0 Å². The van der Waals surface area contributed by atoms with Crippen LogP contribution < -0.4 is 0 Å². The zero-order valence-electron chi connectivity index (χ0n) is 26.7. The van der Waals surface area contributed by atoms with Crippen LogP contribution in [0.3, 0.4) is 0 Å². The van der Waals surface area contributed by atoms with Gasteiger partial charge in [-0.05, 0) is 95.7 Å². The van der Waals surface area contributed by atoms with Crippen LogP contribution in [0.25, 0.3) is 106 Å². The summed E-state index contributed by atoms with van der Waals surface area (Å²) in [6.07, 6.45) is 0. The summed E-state index contributed by atoms with van der Waals surface area (Å²) in [6, 6.07) is 58.7. The number of fused-ring (bicyclic) bond motifs is 13. The largest absolute Gasteiger partial charge is 0.309 e. The molecule has 0 saturated heterocycles. The third-order valence-electron chi connectivity index (χ3n) is 10.7. The van der Waals surface area contributed by atoms with E-state index in [-0.39, 0.29) is 0 Å². The van der Waals surface area contributed by atoms with Crippen LogP contribution in [-0.4, -0.2) is 9.13 Å². The van der Waals surface area contributed by atoms with Gasteiger partial charge in [-0.2, -0.15) is 0 Å². The first-order valence-corrected chi connectivity index (χ1v) is 18.6. The van der Waals surface area contributed by atoms with Crippen LogP contribution >= 0.6 is 22.7 Å². The molecule has 4 aromatic heterocycles. The highest BCUT2D eigenvalue weighted by molar-refractivity contribution is 7.26. The van der Waals surface area contributed by atoms with Gasteiger partial charge >= 0.3 is 0 Å². The Morgan fingerprint density at radius 2 is 0.620 bits per heavy atom. The fourth-order valence-corrected chi connectivity index (χ4v) is 10.7. The molecule has 0 saturated carbocycles. The van der Waals surface area contributed by atoms with Crippen molar-refractivity contribution in [2.75, 3.05) is 0 Å². The highest BCUT2D eigenvalue weighted by Crippen LogP contribution is 2.43. The molecule has 0 aliphatic rings. The number of hydrogen-bond acceptors (Lipinski definition) is 2. The SMILES string of the molecule is c1ccc2c(c1)c1ccccc1n2-c1ccc2sc3cc4cc5sc6ccc(-n7c8ccccc8c8ccccc87)cc6c5cc4cc3c2c1. The molecule has 0 fully saturated rings. The molecule has 4 heteroatoms. The number of thiophene rings is 2. The Balaban J connectivity index is 1.07. The number of benzene rings is 8. The molecule has 232 valence electrons. The van der Waals surface area contributed by atoms with Crippen LogP contribution in [0.2, 0.25) is 0 Å². The summed E-state index contributed by atoms with van der Waals surface area (Å²) >= 11 is 3.79. The van der Waals surface area contributed by atoms with Crippen molar-refractivity contribution < 1.29 is 0 Å². The lowest BCUT2D eigenvalue weighted by Gasteiger charge is -2.08. The lowest BCUT2D eigenvalue weighted by molar-refractivity contribution is 1.19. The number of rotatable bonds is 2. The van der Waals surface area contributed by atoms with Gasteiger partial charge in [0.2, 0.25) is 0 Å². The Morgan fingerprint density at radius 3 is 1.02 bits per heavy atom. The topological polar surface area (TPSA) is 9.86 Å². The highest BCUT2D eigenvalue weighted by Gasteiger charge is 2.16. The van der Waals surface area contributed by atoms with E-state index in [0.29, 0.717) is 0 Å². The lowest BCUT2D eigenvalue weighted by Crippen LogP contribution is -1.93. The van der Waals surface area contributed by atoms with Gasteiger partial charge in [-0.25, -0.2) is 0 Å². The first-order chi connectivity index (χ1) is 24.8. The second kappa shape index (κ2) is 9.82. The third-order valence-corrected chi connectivity index (χ3v) is 12.9. The molecule has 4 heterocycles. The van der Waals surface area contributed by atoms with Crippen LogP contribution in [0.5, 0.6) is 0 Å². The molecule has 0 unspecified atom stereocenters. The number of nitrogens with zero attached hydrogens (tertiary/aromatic N) is 2. The maximum atomic E-state index is 2.43. The van der Waals surface area contributed by atoms with Crippen LogP contribution in [0, 0.1) is 0 Å². The summed E-state index contributed by atoms with van der Waals surface area (Å²) in [7, 11) is 0. The van der Waals surface area contributed by atoms with Crippen LogP contribution in [0.1, 0.15) is 0 Å². The van der Waals surface area contributed by atoms with Crippen LogP contribution in [0.4, 0.5) is 0 Å². The van der Waals surface area contributed by atoms with E-state index in [2.05, 4.69) is 167 Å². The molecule has 8 aromatic carbocycles. The van der Waals surface area contributed by atoms with Gasteiger partial charge in [0, 0.05) is 73.3 Å². The van der Waals surface area contributed by atoms with Gasteiger partial charge in [-0.15, -0.1) is 22.7 Å². The fourth-order valence-electron chi connectivity index (χ4n) is 8.45. The normalized spacial score (nSPS) is 12.4. The minimum absolute atomic E-state index is 1.20. The quantitative estimate of drug-likeness (QED) is 0.173. The average molecular weight is 671 g/mol. The first kappa shape index (κ1) is 26.9. The summed E-state index contributed by atoms with van der Waals surface area (Å²) in [5.74, 6) is 0. The van der Waals surface area contributed by atoms with E-state index in [1.54, 1.807) is 0 Å². The smallest absolute Gasteiger partial charge is 0.0541 e. The fraction of sp³-hybridized carbons (Fsp3) is 0. The van der Waals surface area contributed by atoms with E-state index in [1.165, 1.54) is 106 Å². The predicted molar refractivity (Wildman–Crippen MR) is 218 cm³/mol. The summed E-state index contributed by atoms with van der Waals surface area (Å²) in [5.41, 5.74) is 7.36. The van der Waals surface area contributed by atoms with Gasteiger partial charge in [-0.1, -0.05) is 72.8 Å². The zero-order valence-corrected chi connectivity index (χ0v) is 28.4. The maximum absolute atomic E-state index is 2.43. The van der Waals surface area contributed by atoms with Crippen molar-refractivity contribution in [2.24, 2.45) is 0 Å². The molecule has 0 aliphatic carbocycles.